The Labute approximate surface area is 134 Å². The third kappa shape index (κ3) is 2.36. The summed E-state index contributed by atoms with van der Waals surface area (Å²) in [6, 6.07) is 1.85. The van der Waals surface area contributed by atoms with Crippen molar-refractivity contribution in [1.29, 1.82) is 0 Å². The third-order valence-corrected chi connectivity index (χ3v) is 3.93. The van der Waals surface area contributed by atoms with Gasteiger partial charge in [-0.1, -0.05) is 11.6 Å². The standard InChI is InChI=1S/C14H11ClN6O2/c15-9-8(3-4-17-11(9)19-7-1-2-7)21-13(22)10-12(20-14(21)23)18-6-5-16-10/h3-7H,1-2H2,(H,17,19)(H,18,20,23). The molecule has 1 aliphatic rings. The Morgan fingerprint density at radius 2 is 1.96 bits per heavy atom. The van der Waals surface area contributed by atoms with Gasteiger partial charge in [-0.25, -0.2) is 24.3 Å². The van der Waals surface area contributed by atoms with Crippen LogP contribution in [-0.2, 0) is 0 Å². The fourth-order valence-corrected chi connectivity index (χ4v) is 2.54. The summed E-state index contributed by atoms with van der Waals surface area (Å²) in [7, 11) is 0. The number of nitrogens with zero attached hydrogens (tertiary/aromatic N) is 4. The van der Waals surface area contributed by atoms with Crippen LogP contribution in [-0.4, -0.2) is 30.5 Å². The number of hydrogen-bond acceptors (Lipinski definition) is 6. The molecule has 3 heterocycles. The van der Waals surface area contributed by atoms with Gasteiger partial charge in [-0.3, -0.25) is 9.78 Å². The van der Waals surface area contributed by atoms with Crippen molar-refractivity contribution in [3.05, 3.63) is 50.5 Å². The van der Waals surface area contributed by atoms with Crippen molar-refractivity contribution in [2.45, 2.75) is 18.9 Å². The number of nitrogens with one attached hydrogen (secondary N) is 2. The Balaban J connectivity index is 1.96. The van der Waals surface area contributed by atoms with E-state index in [-0.39, 0.29) is 21.9 Å². The van der Waals surface area contributed by atoms with Crippen molar-refractivity contribution in [2.24, 2.45) is 0 Å². The minimum Gasteiger partial charge on any atom is -0.366 e. The highest BCUT2D eigenvalue weighted by atomic mass is 35.5. The largest absolute Gasteiger partial charge is 0.366 e. The summed E-state index contributed by atoms with van der Waals surface area (Å²) in [5.74, 6) is 0.456. The number of halogens is 1. The van der Waals surface area contributed by atoms with E-state index in [1.807, 2.05) is 0 Å². The maximum Gasteiger partial charge on any atom is 0.334 e. The smallest absolute Gasteiger partial charge is 0.334 e. The monoisotopic (exact) mass is 330 g/mol. The molecule has 9 heteroatoms. The van der Waals surface area contributed by atoms with Crippen LogP contribution >= 0.6 is 11.6 Å². The summed E-state index contributed by atoms with van der Waals surface area (Å²) < 4.78 is 0.944. The van der Waals surface area contributed by atoms with Gasteiger partial charge in [-0.15, -0.1) is 0 Å². The highest BCUT2D eigenvalue weighted by Gasteiger charge is 2.24. The quantitative estimate of drug-likeness (QED) is 0.744. The Bertz CT molecular complexity index is 1020. The average Bonchev–Trinajstić information content (AvgIpc) is 3.35. The molecular weight excluding hydrogens is 320 g/mol. The van der Waals surface area contributed by atoms with E-state index in [0.29, 0.717) is 11.9 Å². The molecule has 0 bridgehead atoms. The van der Waals surface area contributed by atoms with E-state index in [9.17, 15) is 9.59 Å². The molecule has 0 radical (unpaired) electrons. The van der Waals surface area contributed by atoms with E-state index >= 15 is 0 Å². The van der Waals surface area contributed by atoms with Gasteiger partial charge in [-0.05, 0) is 18.9 Å². The van der Waals surface area contributed by atoms with Gasteiger partial charge in [0.15, 0.2) is 11.2 Å². The molecule has 0 saturated heterocycles. The van der Waals surface area contributed by atoms with Crippen molar-refractivity contribution < 1.29 is 0 Å². The highest BCUT2D eigenvalue weighted by molar-refractivity contribution is 6.34. The van der Waals surface area contributed by atoms with E-state index in [4.69, 9.17) is 11.6 Å². The van der Waals surface area contributed by atoms with Gasteiger partial charge in [0.2, 0.25) is 0 Å². The second-order valence-corrected chi connectivity index (χ2v) is 5.61. The second kappa shape index (κ2) is 5.17. The van der Waals surface area contributed by atoms with Gasteiger partial charge in [0, 0.05) is 24.6 Å². The van der Waals surface area contributed by atoms with E-state index < -0.39 is 11.2 Å². The number of pyridine rings is 1. The first-order valence-electron chi connectivity index (χ1n) is 7.02. The van der Waals surface area contributed by atoms with Gasteiger partial charge < -0.3 is 5.32 Å². The Hall–Kier alpha value is -2.74. The lowest BCUT2D eigenvalue weighted by Crippen LogP contribution is -2.34. The Morgan fingerprint density at radius 3 is 2.74 bits per heavy atom. The Morgan fingerprint density at radius 1 is 1.17 bits per heavy atom. The summed E-state index contributed by atoms with van der Waals surface area (Å²) in [6.07, 6.45) is 6.39. The lowest BCUT2D eigenvalue weighted by molar-refractivity contribution is 0.885. The number of anilines is 1. The predicted molar refractivity (Wildman–Crippen MR) is 85.2 cm³/mol. The number of aromatic nitrogens is 5. The highest BCUT2D eigenvalue weighted by Crippen LogP contribution is 2.30. The molecule has 0 amide bonds. The van der Waals surface area contributed by atoms with Crippen LogP contribution in [0.2, 0.25) is 5.02 Å². The molecule has 0 aliphatic heterocycles. The third-order valence-electron chi connectivity index (χ3n) is 3.56. The summed E-state index contributed by atoms with van der Waals surface area (Å²) >= 11 is 6.34. The molecule has 1 fully saturated rings. The number of fused-ring (bicyclic) bond motifs is 1. The maximum atomic E-state index is 12.6. The van der Waals surface area contributed by atoms with Gasteiger partial charge in [0.05, 0.1) is 5.69 Å². The van der Waals surface area contributed by atoms with Gasteiger partial charge in [-0.2, -0.15) is 0 Å². The van der Waals surface area contributed by atoms with Crippen LogP contribution < -0.4 is 16.6 Å². The maximum absolute atomic E-state index is 12.6. The fraction of sp³-hybridized carbons (Fsp3) is 0.214. The molecule has 0 unspecified atom stereocenters. The molecule has 8 nitrogen and oxygen atoms in total. The summed E-state index contributed by atoms with van der Waals surface area (Å²) in [6.45, 7) is 0. The van der Waals surface area contributed by atoms with Gasteiger partial charge in [0.1, 0.15) is 10.8 Å². The number of rotatable bonds is 3. The number of hydrogen-bond donors (Lipinski definition) is 2. The lowest BCUT2D eigenvalue weighted by Gasteiger charge is -2.11. The zero-order valence-corrected chi connectivity index (χ0v) is 12.5. The minimum atomic E-state index is -0.631. The van der Waals surface area contributed by atoms with E-state index in [2.05, 4.69) is 25.3 Å². The first-order chi connectivity index (χ1) is 11.1. The van der Waals surface area contributed by atoms with Crippen LogP contribution in [0.25, 0.3) is 16.9 Å². The van der Waals surface area contributed by atoms with Crippen LogP contribution in [0.1, 0.15) is 12.8 Å². The topological polar surface area (TPSA) is 106 Å². The van der Waals surface area contributed by atoms with E-state index in [1.165, 1.54) is 24.7 Å². The molecule has 0 spiro atoms. The molecule has 3 aromatic heterocycles. The first kappa shape index (κ1) is 13.9. The second-order valence-electron chi connectivity index (χ2n) is 5.24. The molecule has 23 heavy (non-hydrogen) atoms. The molecule has 2 N–H and O–H groups in total. The zero-order valence-electron chi connectivity index (χ0n) is 11.8. The van der Waals surface area contributed by atoms with Crippen molar-refractivity contribution in [2.75, 3.05) is 5.32 Å². The van der Waals surface area contributed by atoms with Crippen LogP contribution in [0.4, 0.5) is 5.82 Å². The first-order valence-corrected chi connectivity index (χ1v) is 7.40. The van der Waals surface area contributed by atoms with Crippen LogP contribution in [0.3, 0.4) is 0 Å². The summed E-state index contributed by atoms with van der Waals surface area (Å²) in [5.41, 5.74) is -0.753. The molecule has 3 aromatic rings. The molecule has 1 saturated carbocycles. The van der Waals surface area contributed by atoms with E-state index in [0.717, 1.165) is 17.4 Å². The van der Waals surface area contributed by atoms with Crippen LogP contribution in [0.5, 0.6) is 0 Å². The molecule has 0 atom stereocenters. The fourth-order valence-electron chi connectivity index (χ4n) is 2.29. The SMILES string of the molecule is O=c1[nH]c2nccnc2c(=O)n1-c1ccnc(NC2CC2)c1Cl. The van der Waals surface area contributed by atoms with Crippen molar-refractivity contribution in [1.82, 2.24) is 24.5 Å². The molecule has 116 valence electrons. The summed E-state index contributed by atoms with van der Waals surface area (Å²) in [5, 5.41) is 3.39. The molecular formula is C14H11ClN6O2. The predicted octanol–water partition coefficient (Wildman–Crippen LogP) is 1.09. The number of aromatic amines is 1. The lowest BCUT2D eigenvalue weighted by atomic mass is 10.3. The van der Waals surface area contributed by atoms with Crippen LogP contribution in [0, 0.1) is 0 Å². The molecule has 1 aliphatic carbocycles. The van der Waals surface area contributed by atoms with Gasteiger partial charge in [0.25, 0.3) is 5.56 Å². The van der Waals surface area contributed by atoms with Crippen molar-refractivity contribution >= 4 is 28.6 Å². The van der Waals surface area contributed by atoms with Crippen molar-refractivity contribution in [3.63, 3.8) is 0 Å². The van der Waals surface area contributed by atoms with Crippen LogP contribution in [0.15, 0.2) is 34.2 Å². The zero-order chi connectivity index (χ0) is 16.0. The Kier molecular flexibility index (Phi) is 3.12. The van der Waals surface area contributed by atoms with Crippen molar-refractivity contribution in [3.8, 4) is 5.69 Å². The average molecular weight is 331 g/mol. The molecule has 4 rings (SSSR count). The minimum absolute atomic E-state index is 0.0664. The van der Waals surface area contributed by atoms with E-state index in [1.54, 1.807) is 0 Å². The van der Waals surface area contributed by atoms with Gasteiger partial charge >= 0.3 is 5.69 Å². The normalized spacial score (nSPS) is 14.1. The summed E-state index contributed by atoms with van der Waals surface area (Å²) in [4.78, 5) is 39.5. The molecule has 0 aromatic carbocycles. The number of H-pyrrole nitrogens is 1.